The second-order valence-corrected chi connectivity index (χ2v) is 7.64. The molecule has 1 amide bonds. The summed E-state index contributed by atoms with van der Waals surface area (Å²) < 4.78 is 0.487. The summed E-state index contributed by atoms with van der Waals surface area (Å²) in [6.07, 6.45) is 1.83. The molecular formula is C14H7Cl2NOS3. The molecule has 2 heterocycles. The van der Waals surface area contributed by atoms with Gasteiger partial charge in [0, 0.05) is 10.4 Å². The van der Waals surface area contributed by atoms with Crippen LogP contribution in [0.5, 0.6) is 0 Å². The van der Waals surface area contributed by atoms with Crippen LogP contribution in [0.2, 0.25) is 10.0 Å². The second-order valence-electron chi connectivity index (χ2n) is 4.19. The number of amides is 1. The third kappa shape index (κ3) is 3.17. The van der Waals surface area contributed by atoms with Crippen LogP contribution in [-0.2, 0) is 4.79 Å². The molecule has 1 aromatic carbocycles. The van der Waals surface area contributed by atoms with Gasteiger partial charge in [-0.05, 0) is 29.2 Å². The average molecular weight is 372 g/mol. The summed E-state index contributed by atoms with van der Waals surface area (Å²) in [4.78, 5) is 13.2. The molecule has 2 nitrogen and oxygen atoms in total. The van der Waals surface area contributed by atoms with E-state index in [1.807, 2.05) is 29.7 Å². The molecule has 2 aromatic rings. The van der Waals surface area contributed by atoms with Gasteiger partial charge in [-0.2, -0.15) is 0 Å². The number of carbonyl (C=O) groups is 1. The first-order valence-corrected chi connectivity index (χ1v) is 8.68. The van der Waals surface area contributed by atoms with E-state index in [4.69, 9.17) is 35.4 Å². The largest absolute Gasteiger partial charge is 0.307 e. The van der Waals surface area contributed by atoms with Crippen molar-refractivity contribution < 1.29 is 4.79 Å². The summed E-state index contributed by atoms with van der Waals surface area (Å²) in [6, 6.07) is 7.50. The van der Waals surface area contributed by atoms with Gasteiger partial charge in [-0.25, -0.2) is 0 Å². The van der Waals surface area contributed by atoms with E-state index < -0.39 is 0 Å². The van der Waals surface area contributed by atoms with Crippen molar-refractivity contribution in [3.8, 4) is 11.1 Å². The van der Waals surface area contributed by atoms with Crippen LogP contribution in [0.15, 0.2) is 34.6 Å². The lowest BCUT2D eigenvalue weighted by Gasteiger charge is -2.02. The van der Waals surface area contributed by atoms with E-state index in [-0.39, 0.29) is 5.91 Å². The smallest absolute Gasteiger partial charge is 0.263 e. The molecule has 0 radical (unpaired) electrons. The second kappa shape index (κ2) is 6.10. The molecule has 0 atom stereocenters. The minimum Gasteiger partial charge on any atom is -0.307 e. The summed E-state index contributed by atoms with van der Waals surface area (Å²) >= 11 is 20.0. The molecule has 0 bridgehead atoms. The number of thiophene rings is 1. The molecule has 1 fully saturated rings. The van der Waals surface area contributed by atoms with Gasteiger partial charge in [-0.15, -0.1) is 11.3 Å². The number of halogens is 2. The monoisotopic (exact) mass is 371 g/mol. The van der Waals surface area contributed by atoms with E-state index in [2.05, 4.69) is 5.32 Å². The van der Waals surface area contributed by atoms with Crippen molar-refractivity contribution in [1.82, 2.24) is 5.32 Å². The lowest BCUT2D eigenvalue weighted by molar-refractivity contribution is -0.115. The Kier molecular flexibility index (Phi) is 4.38. The van der Waals surface area contributed by atoms with Gasteiger partial charge >= 0.3 is 0 Å². The Bertz CT molecular complexity index is 782. The van der Waals surface area contributed by atoms with Crippen LogP contribution in [0.1, 0.15) is 4.88 Å². The zero-order chi connectivity index (χ0) is 15.0. The van der Waals surface area contributed by atoms with Crippen LogP contribution in [0, 0.1) is 0 Å². The Morgan fingerprint density at radius 3 is 2.81 bits per heavy atom. The van der Waals surface area contributed by atoms with Gasteiger partial charge in [0.25, 0.3) is 5.91 Å². The minimum atomic E-state index is -0.152. The van der Waals surface area contributed by atoms with E-state index in [0.717, 1.165) is 16.0 Å². The highest BCUT2D eigenvalue weighted by atomic mass is 35.5. The maximum atomic E-state index is 11.6. The number of benzene rings is 1. The normalized spacial score (nSPS) is 16.6. The van der Waals surface area contributed by atoms with E-state index >= 15 is 0 Å². The molecule has 1 aliphatic heterocycles. The number of hydrogen-bond acceptors (Lipinski definition) is 4. The van der Waals surface area contributed by atoms with Crippen molar-refractivity contribution >= 4 is 74.8 Å². The number of thiocarbonyl (C=S) groups is 1. The number of hydrogen-bond donors (Lipinski definition) is 1. The van der Waals surface area contributed by atoms with E-state index in [9.17, 15) is 4.79 Å². The first kappa shape index (κ1) is 15.1. The van der Waals surface area contributed by atoms with Crippen molar-refractivity contribution in [1.29, 1.82) is 0 Å². The Morgan fingerprint density at radius 1 is 1.29 bits per heavy atom. The Balaban J connectivity index is 1.94. The van der Waals surface area contributed by atoms with Gasteiger partial charge in [0.15, 0.2) is 0 Å². The van der Waals surface area contributed by atoms with Crippen LogP contribution in [-0.4, -0.2) is 10.2 Å². The third-order valence-electron chi connectivity index (χ3n) is 2.80. The Morgan fingerprint density at radius 2 is 2.10 bits per heavy atom. The van der Waals surface area contributed by atoms with Crippen molar-refractivity contribution in [2.75, 3.05) is 0 Å². The lowest BCUT2D eigenvalue weighted by Crippen LogP contribution is -2.17. The van der Waals surface area contributed by atoms with Crippen molar-refractivity contribution in [3.05, 3.63) is 49.5 Å². The molecule has 7 heteroatoms. The van der Waals surface area contributed by atoms with Gasteiger partial charge in [-0.1, -0.05) is 59.3 Å². The predicted octanol–water partition coefficient (Wildman–Crippen LogP) is 5.21. The fourth-order valence-electron chi connectivity index (χ4n) is 1.85. The summed E-state index contributed by atoms with van der Waals surface area (Å²) in [7, 11) is 0. The molecule has 0 saturated carbocycles. The molecule has 1 aliphatic rings. The molecule has 1 N–H and O–H groups in total. The molecular weight excluding hydrogens is 365 g/mol. The molecule has 0 spiro atoms. The number of rotatable bonds is 2. The SMILES string of the molecule is O=C1NC(=S)SC1=Cc1cc(-c2cccc(Cl)c2Cl)cs1. The van der Waals surface area contributed by atoms with E-state index in [0.29, 0.717) is 19.3 Å². The fraction of sp³-hybridized carbons (Fsp3) is 0. The van der Waals surface area contributed by atoms with Crippen LogP contribution in [0.3, 0.4) is 0 Å². The van der Waals surface area contributed by atoms with Crippen LogP contribution in [0.4, 0.5) is 0 Å². The quantitative estimate of drug-likeness (QED) is 0.580. The summed E-state index contributed by atoms with van der Waals surface area (Å²) in [5, 5.41) is 5.64. The van der Waals surface area contributed by atoms with Crippen molar-refractivity contribution in [2.45, 2.75) is 0 Å². The van der Waals surface area contributed by atoms with Gasteiger partial charge < -0.3 is 5.32 Å². The molecule has 1 saturated heterocycles. The molecule has 21 heavy (non-hydrogen) atoms. The Labute approximate surface area is 145 Å². The molecule has 1 aromatic heterocycles. The molecule has 0 unspecified atom stereocenters. The first-order chi connectivity index (χ1) is 10.0. The number of thioether (sulfide) groups is 1. The van der Waals surface area contributed by atoms with Gasteiger partial charge in [0.1, 0.15) is 4.32 Å². The topological polar surface area (TPSA) is 29.1 Å². The molecule has 0 aliphatic carbocycles. The van der Waals surface area contributed by atoms with Gasteiger partial charge in [-0.3, -0.25) is 4.79 Å². The first-order valence-electron chi connectivity index (χ1n) is 5.82. The van der Waals surface area contributed by atoms with E-state index in [1.54, 1.807) is 6.07 Å². The summed E-state index contributed by atoms with van der Waals surface area (Å²) in [5.41, 5.74) is 1.86. The average Bonchev–Trinajstić information content (AvgIpc) is 3.01. The lowest BCUT2D eigenvalue weighted by atomic mass is 10.1. The van der Waals surface area contributed by atoms with E-state index in [1.165, 1.54) is 23.1 Å². The maximum absolute atomic E-state index is 11.6. The third-order valence-corrected chi connectivity index (χ3v) is 5.66. The van der Waals surface area contributed by atoms with Gasteiger partial charge in [0.05, 0.1) is 15.0 Å². The summed E-state index contributed by atoms with van der Waals surface area (Å²) in [6.45, 7) is 0. The molecule has 3 rings (SSSR count). The maximum Gasteiger partial charge on any atom is 0.263 e. The van der Waals surface area contributed by atoms with Crippen LogP contribution < -0.4 is 5.32 Å². The Hall–Kier alpha value is -0.850. The summed E-state index contributed by atoms with van der Waals surface area (Å²) in [5.74, 6) is -0.152. The highest BCUT2D eigenvalue weighted by Gasteiger charge is 2.22. The number of carbonyl (C=O) groups excluding carboxylic acids is 1. The predicted molar refractivity (Wildman–Crippen MR) is 96.1 cm³/mol. The van der Waals surface area contributed by atoms with Crippen LogP contribution in [0.25, 0.3) is 17.2 Å². The zero-order valence-corrected chi connectivity index (χ0v) is 14.3. The standard InChI is InChI=1S/C14H7Cl2NOS3/c15-10-3-1-2-9(12(10)16)7-4-8(20-6-7)5-11-13(18)17-14(19)21-11/h1-6H,(H,17,18,19). The highest BCUT2D eigenvalue weighted by molar-refractivity contribution is 8.26. The van der Waals surface area contributed by atoms with Crippen molar-refractivity contribution in [2.24, 2.45) is 0 Å². The fourth-order valence-corrected chi connectivity index (χ4v) is 4.21. The minimum absolute atomic E-state index is 0.152. The van der Waals surface area contributed by atoms with Gasteiger partial charge in [0.2, 0.25) is 0 Å². The zero-order valence-electron chi connectivity index (χ0n) is 10.4. The molecule has 106 valence electrons. The van der Waals surface area contributed by atoms with Crippen LogP contribution >= 0.6 is 58.5 Å². The highest BCUT2D eigenvalue weighted by Crippen LogP contribution is 2.36. The van der Waals surface area contributed by atoms with Crippen molar-refractivity contribution in [3.63, 3.8) is 0 Å². The number of nitrogens with one attached hydrogen (secondary N) is 1.